The number of pyridine rings is 6. The normalized spacial score (nSPS) is 36.5. The van der Waals surface area contributed by atoms with Crippen molar-refractivity contribution in [1.82, 2.24) is 0 Å². The summed E-state index contributed by atoms with van der Waals surface area (Å²) in [5.41, 5.74) is 4.48. The van der Waals surface area contributed by atoms with Gasteiger partial charge in [0.05, 0.1) is 127 Å². The monoisotopic (exact) mass is 1460 g/mol. The Hall–Kier alpha value is -6.60. The van der Waals surface area contributed by atoms with Crippen LogP contribution in [0.1, 0.15) is 242 Å². The summed E-state index contributed by atoms with van der Waals surface area (Å²) in [5.74, 6) is 10.9. The van der Waals surface area contributed by atoms with Gasteiger partial charge in [-0.15, -0.1) is 11.3 Å². The molecule has 12 nitrogen and oxygen atoms in total. The maximum atomic E-state index is 2.70. The van der Waals surface area contributed by atoms with E-state index < -0.39 is 0 Å². The highest BCUT2D eigenvalue weighted by Gasteiger charge is 2.64. The van der Waals surface area contributed by atoms with Crippen molar-refractivity contribution in [2.45, 2.75) is 302 Å². The molecule has 17 aliphatic rings. The van der Waals surface area contributed by atoms with E-state index in [0.29, 0.717) is 74.5 Å². The zero-order chi connectivity index (χ0) is 75.2. The molecule has 11 unspecified atom stereocenters. The summed E-state index contributed by atoms with van der Waals surface area (Å²) in [6.45, 7) is 34.2. The van der Waals surface area contributed by atoms with Crippen LogP contribution in [0.5, 0.6) is 0 Å². The minimum Gasteiger partial charge on any atom is -0.256 e. The summed E-state index contributed by atoms with van der Waals surface area (Å²) in [6.07, 6.45) is 40.5. The van der Waals surface area contributed by atoms with Gasteiger partial charge in [-0.1, -0.05) is 71.0 Å². The summed E-state index contributed by atoms with van der Waals surface area (Å²) in [4.78, 5) is 17.6. The Labute approximate surface area is 645 Å². The quantitative estimate of drug-likeness (QED) is 0.155. The Kier molecular flexibility index (Phi) is 21.1. The lowest BCUT2D eigenvalue weighted by atomic mass is 9.54. The van der Waals surface area contributed by atoms with Gasteiger partial charge < -0.3 is 0 Å². The van der Waals surface area contributed by atoms with E-state index in [4.69, 9.17) is 0 Å². The maximum Gasteiger partial charge on any atom is 0.277 e. The molecule has 16 fully saturated rings. The minimum absolute atomic E-state index is 0.322. The van der Waals surface area contributed by atoms with Crippen LogP contribution in [0.2, 0.25) is 0 Å². The number of aryl methyl sites for hydroxylation is 6. The van der Waals surface area contributed by atoms with Crippen molar-refractivity contribution in [3.8, 4) is 0 Å². The summed E-state index contributed by atoms with van der Waals surface area (Å²) in [5, 5.41) is 2.26. The number of nitrogens with zero attached hydrogens (tertiary/aromatic N) is 12. The molecule has 11 atom stereocenters. The van der Waals surface area contributed by atoms with E-state index in [-0.39, 0.29) is 0 Å². The molecule has 570 valence electrons. The van der Waals surface area contributed by atoms with E-state index in [9.17, 15) is 0 Å². The molecule has 106 heavy (non-hydrogen) atoms. The molecule has 18 heterocycles. The third-order valence-electron chi connectivity index (χ3n) is 32.0. The molecule has 0 radical (unpaired) electrons. The van der Waals surface area contributed by atoms with Crippen molar-refractivity contribution in [1.29, 1.82) is 0 Å². The van der Waals surface area contributed by atoms with Crippen LogP contribution in [0, 0.1) is 34.0 Å². The Morgan fingerprint density at radius 1 is 0.340 bits per heavy atom. The highest BCUT2D eigenvalue weighted by atomic mass is 32.1. The molecular formula is C93H138N12S+6. The SMILES string of the molecule is CC1C2CCC(C)(CC2)N1c1cccc[n+]1C.CC1C2CCC(CC2)N1c1cccc[n+]1C.CC1CC2(C)CCC1(C)C(C)N2c1cccc[n+]1C.CC1N(c2cccc[n+]2C)C2(C)CCC1(C)CC2.CC1N(c2cccc[n+]2C)C2CC1(C)c1ccsc12.CC1N(c2cccc[n+]2C)C2CCC1(C)CC2. The zero-order valence-electron chi connectivity index (χ0n) is 69.4. The first kappa shape index (κ1) is 76.2. The first-order valence-corrected chi connectivity index (χ1v) is 42.8. The fraction of sp³-hybridized carbons (Fsp3) is 0.634. The average molecular weight is 1460 g/mol. The zero-order valence-corrected chi connectivity index (χ0v) is 70.2. The van der Waals surface area contributed by atoms with Crippen molar-refractivity contribution < 1.29 is 27.4 Å². The third-order valence-corrected chi connectivity index (χ3v) is 33.0. The van der Waals surface area contributed by atoms with E-state index in [1.165, 1.54) is 163 Å². The summed E-state index contributed by atoms with van der Waals surface area (Å²) in [7, 11) is 13.0. The van der Waals surface area contributed by atoms with E-state index in [2.05, 4.69) is 354 Å². The van der Waals surface area contributed by atoms with Gasteiger partial charge in [0.2, 0.25) is 0 Å². The molecule has 0 aromatic carbocycles. The third kappa shape index (κ3) is 13.3. The molecule has 0 amide bonds. The summed E-state index contributed by atoms with van der Waals surface area (Å²) in [6, 6.07) is 47.5. The van der Waals surface area contributed by atoms with Gasteiger partial charge in [-0.2, -0.15) is 0 Å². The fourth-order valence-corrected chi connectivity index (χ4v) is 25.1. The molecule has 0 N–H and O–H groups in total. The molecule has 12 bridgehead atoms. The van der Waals surface area contributed by atoms with Crippen molar-refractivity contribution >= 4 is 46.2 Å². The van der Waals surface area contributed by atoms with Crippen LogP contribution in [0.15, 0.2) is 158 Å². The van der Waals surface area contributed by atoms with Gasteiger partial charge >= 0.3 is 0 Å². The van der Waals surface area contributed by atoms with Crippen molar-refractivity contribution in [2.24, 2.45) is 76.3 Å². The number of piperidine rings is 10. The Morgan fingerprint density at radius 2 is 0.745 bits per heavy atom. The number of aromatic nitrogens is 6. The van der Waals surface area contributed by atoms with Crippen molar-refractivity contribution in [3.05, 3.63) is 168 Å². The number of thiophene rings is 1. The lowest BCUT2D eigenvalue weighted by molar-refractivity contribution is -0.659. The van der Waals surface area contributed by atoms with Gasteiger partial charge in [0.15, 0.2) is 0 Å². The predicted octanol–water partition coefficient (Wildman–Crippen LogP) is 17.2. The minimum atomic E-state index is 0.322. The van der Waals surface area contributed by atoms with Gasteiger partial charge in [-0.3, -0.25) is 29.4 Å². The van der Waals surface area contributed by atoms with Gasteiger partial charge in [-0.25, -0.2) is 27.4 Å². The Balaban J connectivity index is 0.000000107. The van der Waals surface area contributed by atoms with Crippen LogP contribution in [0.25, 0.3) is 0 Å². The Morgan fingerprint density at radius 3 is 1.21 bits per heavy atom. The van der Waals surface area contributed by atoms with Crippen LogP contribution < -0.4 is 56.8 Å². The maximum absolute atomic E-state index is 2.70. The Bertz CT molecular complexity index is 4190. The van der Waals surface area contributed by atoms with Crippen LogP contribution >= 0.6 is 11.3 Å². The molecule has 0 spiro atoms. The molecule has 11 saturated heterocycles. The standard InChI is InChI=1S/C17H27N2.C16H19N2S.C16H25N2.2C15H23N2.C14H21N2/c1-13-12-16(3)9-10-17(13,4)14(2)19(16)15-8-6-7-11-18(15)5;1-11-16(2)10-13(15-12(16)7-9-19-15)18(11)14-6-4-5-8-17(14)3;1-13-15(2)8-10-16(3,11-9-15)18(13)14-7-5-6-12-17(14)4;1-12-15(2)9-7-13(8-10-15)17(12)14-6-4-5-11-16(14)3;1-12-13-7-9-15(2,10-8-13)17(12)14-6-4-5-11-16(14)3;1-11-12-6-8-13(9-7-12)16(11)14-5-3-4-10-15(14)2/h6-8,11,13-14H,9-10,12H2,1-5H3;4-9,11,13H,10H2,1-3H3;5-7,12-13H,8-11H2,1-4H3;2*4-6,11-13H,7-10H2,1-3H3;3-5,10-13H,6-9H2,1-2H3/q6*+1. The second-order valence-corrected chi connectivity index (χ2v) is 38.9. The van der Waals surface area contributed by atoms with Crippen LogP contribution in [0.4, 0.5) is 34.9 Å². The lowest BCUT2D eigenvalue weighted by Crippen LogP contribution is -2.69. The average Bonchev–Trinajstić information content (AvgIpc) is 1.46. The second kappa shape index (κ2) is 29.3. The molecule has 11 aliphatic heterocycles. The molecule has 5 saturated carbocycles. The molecule has 6 aliphatic carbocycles. The number of anilines is 6. The molecule has 24 rings (SSSR count). The van der Waals surface area contributed by atoms with Crippen LogP contribution in [0.3, 0.4) is 0 Å². The highest BCUT2D eigenvalue weighted by molar-refractivity contribution is 7.10. The highest BCUT2D eigenvalue weighted by Crippen LogP contribution is 2.61. The first-order chi connectivity index (χ1) is 50.5. The number of rotatable bonds is 6. The fourth-order valence-electron chi connectivity index (χ4n) is 24.0. The van der Waals surface area contributed by atoms with Gasteiger partial charge in [-0.05, 0) is 255 Å². The van der Waals surface area contributed by atoms with E-state index >= 15 is 0 Å². The molecule has 7 aromatic rings. The molecule has 13 heteroatoms. The van der Waals surface area contributed by atoms with Crippen molar-refractivity contribution in [2.75, 3.05) is 29.4 Å². The van der Waals surface area contributed by atoms with Gasteiger partial charge in [0, 0.05) is 64.5 Å². The smallest absolute Gasteiger partial charge is 0.256 e. The van der Waals surface area contributed by atoms with Gasteiger partial charge in [0.1, 0.15) is 28.7 Å². The van der Waals surface area contributed by atoms with Crippen molar-refractivity contribution in [3.63, 3.8) is 0 Å². The number of fused-ring (bicyclic) bond motifs is 20. The summed E-state index contributed by atoms with van der Waals surface area (Å²) < 4.78 is 13.6. The molecule has 7 aromatic heterocycles. The second-order valence-electron chi connectivity index (χ2n) is 37.9. The number of hydrogen-bond acceptors (Lipinski definition) is 7. The van der Waals surface area contributed by atoms with Crippen LogP contribution in [-0.2, 0) is 47.7 Å². The summed E-state index contributed by atoms with van der Waals surface area (Å²) >= 11 is 1.93. The number of hydrogen-bond donors (Lipinski definition) is 0. The first-order valence-electron chi connectivity index (χ1n) is 42.0. The topological polar surface area (TPSA) is 42.7 Å². The van der Waals surface area contributed by atoms with E-state index in [1.807, 2.05) is 11.3 Å². The lowest BCUT2D eigenvalue weighted by Gasteiger charge is -2.60. The van der Waals surface area contributed by atoms with Crippen LogP contribution in [-0.4, -0.2) is 65.0 Å². The molecular weight excluding hydrogens is 1320 g/mol. The largest absolute Gasteiger partial charge is 0.277 e. The van der Waals surface area contributed by atoms with Gasteiger partial charge in [0.25, 0.3) is 34.9 Å². The van der Waals surface area contributed by atoms with E-state index in [1.54, 1.807) is 10.4 Å². The predicted molar refractivity (Wildman–Crippen MR) is 437 cm³/mol. The van der Waals surface area contributed by atoms with E-state index in [0.717, 1.165) is 35.9 Å².